The quantitative estimate of drug-likeness (QED) is 0.622. The van der Waals surface area contributed by atoms with Crippen LogP contribution in [0, 0.1) is 5.92 Å². The van der Waals surface area contributed by atoms with E-state index in [4.69, 9.17) is 4.74 Å². The van der Waals surface area contributed by atoms with Crippen molar-refractivity contribution in [1.29, 1.82) is 0 Å². The fourth-order valence-corrected chi connectivity index (χ4v) is 4.31. The van der Waals surface area contributed by atoms with Gasteiger partial charge in [0.15, 0.2) is 0 Å². The molecule has 1 N–H and O–H groups in total. The molecule has 1 saturated heterocycles. The van der Waals surface area contributed by atoms with Gasteiger partial charge in [0, 0.05) is 6.61 Å². The Labute approximate surface area is 131 Å². The van der Waals surface area contributed by atoms with E-state index in [1.165, 1.54) is 70.6 Å². The summed E-state index contributed by atoms with van der Waals surface area (Å²) in [6.45, 7) is 3.13. The van der Waals surface area contributed by atoms with Crippen LogP contribution in [0.1, 0.15) is 96.8 Å². The van der Waals surface area contributed by atoms with Crippen molar-refractivity contribution in [1.82, 2.24) is 0 Å². The van der Waals surface area contributed by atoms with Gasteiger partial charge in [-0.25, -0.2) is 0 Å². The molecule has 2 unspecified atom stereocenters. The van der Waals surface area contributed by atoms with Crippen LogP contribution < -0.4 is 0 Å². The summed E-state index contributed by atoms with van der Waals surface area (Å²) >= 11 is 0. The normalized spacial score (nSPS) is 26.9. The molecule has 1 aliphatic carbocycles. The summed E-state index contributed by atoms with van der Waals surface area (Å²) in [4.78, 5) is 0. The third kappa shape index (κ3) is 5.56. The highest BCUT2D eigenvalue weighted by atomic mass is 16.5. The van der Waals surface area contributed by atoms with Gasteiger partial charge in [0.05, 0.1) is 11.7 Å². The number of ether oxygens (including phenoxy) is 1. The van der Waals surface area contributed by atoms with E-state index in [1.54, 1.807) is 0 Å². The average Bonchev–Trinajstić information content (AvgIpc) is 2.51. The first-order valence-corrected chi connectivity index (χ1v) is 9.58. The van der Waals surface area contributed by atoms with Crippen LogP contribution in [0.5, 0.6) is 0 Å². The molecule has 0 aromatic rings. The fourth-order valence-electron chi connectivity index (χ4n) is 4.31. The number of aliphatic hydroxyl groups is 1. The largest absolute Gasteiger partial charge is 0.393 e. The monoisotopic (exact) mass is 296 g/mol. The highest BCUT2D eigenvalue weighted by Crippen LogP contribution is 2.42. The van der Waals surface area contributed by atoms with Crippen LogP contribution in [0.15, 0.2) is 0 Å². The second-order valence-corrected chi connectivity index (χ2v) is 7.47. The molecule has 2 fully saturated rings. The van der Waals surface area contributed by atoms with Crippen LogP contribution in [0.4, 0.5) is 0 Å². The molecular weight excluding hydrogens is 260 g/mol. The van der Waals surface area contributed by atoms with Gasteiger partial charge in [-0.05, 0) is 38.0 Å². The standard InChI is InChI=1S/C19H36O2/c1-2-3-4-5-6-8-11-18(20)17-12-15-21-19(16-17)13-9-7-10-14-19/h17-18,20H,2-16H2,1H3. The molecule has 0 radical (unpaired) electrons. The molecule has 1 heterocycles. The topological polar surface area (TPSA) is 29.5 Å². The van der Waals surface area contributed by atoms with E-state index in [9.17, 15) is 5.11 Å². The number of hydrogen-bond donors (Lipinski definition) is 1. The SMILES string of the molecule is CCCCCCCCC(O)C1CCOC2(CCCCC2)C1. The van der Waals surface area contributed by atoms with Gasteiger partial charge in [-0.1, -0.05) is 64.7 Å². The lowest BCUT2D eigenvalue weighted by atomic mass is 9.74. The molecule has 1 aliphatic heterocycles. The smallest absolute Gasteiger partial charge is 0.0686 e. The minimum absolute atomic E-state index is 0.0844. The Morgan fingerprint density at radius 2 is 1.76 bits per heavy atom. The molecule has 2 atom stereocenters. The van der Waals surface area contributed by atoms with Gasteiger partial charge in [0.1, 0.15) is 0 Å². The molecule has 124 valence electrons. The maximum Gasteiger partial charge on any atom is 0.0686 e. The summed E-state index contributed by atoms with van der Waals surface area (Å²) in [6.07, 6.45) is 17.5. The zero-order valence-electron chi connectivity index (χ0n) is 14.1. The van der Waals surface area contributed by atoms with Gasteiger partial charge in [-0.2, -0.15) is 0 Å². The number of hydrogen-bond acceptors (Lipinski definition) is 2. The van der Waals surface area contributed by atoms with Crippen molar-refractivity contribution in [3.05, 3.63) is 0 Å². The average molecular weight is 296 g/mol. The van der Waals surface area contributed by atoms with E-state index in [-0.39, 0.29) is 11.7 Å². The number of rotatable bonds is 8. The van der Waals surface area contributed by atoms with E-state index in [0.29, 0.717) is 5.92 Å². The van der Waals surface area contributed by atoms with E-state index < -0.39 is 0 Å². The first kappa shape index (κ1) is 17.3. The van der Waals surface area contributed by atoms with Crippen molar-refractivity contribution in [2.24, 2.45) is 5.92 Å². The first-order chi connectivity index (χ1) is 10.3. The second kappa shape index (κ2) is 9.15. The third-order valence-corrected chi connectivity index (χ3v) is 5.69. The maximum absolute atomic E-state index is 10.5. The Kier molecular flexibility index (Phi) is 7.53. The molecule has 2 heteroatoms. The molecule has 1 spiro atoms. The first-order valence-electron chi connectivity index (χ1n) is 9.58. The molecule has 2 nitrogen and oxygen atoms in total. The molecule has 2 rings (SSSR count). The van der Waals surface area contributed by atoms with Gasteiger partial charge in [0.2, 0.25) is 0 Å². The Morgan fingerprint density at radius 3 is 2.52 bits per heavy atom. The van der Waals surface area contributed by atoms with Gasteiger partial charge in [0.25, 0.3) is 0 Å². The van der Waals surface area contributed by atoms with Crippen molar-refractivity contribution in [3.63, 3.8) is 0 Å². The summed E-state index contributed by atoms with van der Waals surface area (Å²) in [6, 6.07) is 0. The predicted octanol–water partition coefficient (Wildman–Crippen LogP) is 5.23. The lowest BCUT2D eigenvalue weighted by molar-refractivity contribution is -0.134. The Morgan fingerprint density at radius 1 is 1.05 bits per heavy atom. The van der Waals surface area contributed by atoms with Crippen LogP contribution in [0.3, 0.4) is 0 Å². The lowest BCUT2D eigenvalue weighted by Crippen LogP contribution is -2.44. The number of aliphatic hydroxyl groups excluding tert-OH is 1. The molecule has 1 saturated carbocycles. The minimum atomic E-state index is -0.0844. The number of unbranched alkanes of at least 4 members (excludes halogenated alkanes) is 5. The molecule has 2 aliphatic rings. The van der Waals surface area contributed by atoms with Gasteiger partial charge < -0.3 is 9.84 Å². The summed E-state index contributed by atoms with van der Waals surface area (Å²) in [5, 5.41) is 10.5. The van der Waals surface area contributed by atoms with E-state index in [0.717, 1.165) is 25.9 Å². The minimum Gasteiger partial charge on any atom is -0.393 e. The van der Waals surface area contributed by atoms with Crippen LogP contribution in [-0.2, 0) is 4.74 Å². The maximum atomic E-state index is 10.5. The van der Waals surface area contributed by atoms with Crippen LogP contribution in [0.2, 0.25) is 0 Å². The Bertz CT molecular complexity index is 265. The summed E-state index contributed by atoms with van der Waals surface area (Å²) < 4.78 is 6.15. The third-order valence-electron chi connectivity index (χ3n) is 5.69. The van der Waals surface area contributed by atoms with Crippen LogP contribution in [0.25, 0.3) is 0 Å². The molecular formula is C19H36O2. The van der Waals surface area contributed by atoms with Gasteiger partial charge >= 0.3 is 0 Å². The molecule has 0 bridgehead atoms. The van der Waals surface area contributed by atoms with Crippen molar-refractivity contribution in [3.8, 4) is 0 Å². The van der Waals surface area contributed by atoms with Crippen LogP contribution in [-0.4, -0.2) is 23.4 Å². The van der Waals surface area contributed by atoms with Crippen LogP contribution >= 0.6 is 0 Å². The zero-order valence-corrected chi connectivity index (χ0v) is 14.1. The summed E-state index contributed by atoms with van der Waals surface area (Å²) in [5.74, 6) is 0.493. The predicted molar refractivity (Wildman–Crippen MR) is 88.5 cm³/mol. The van der Waals surface area contributed by atoms with Crippen molar-refractivity contribution >= 4 is 0 Å². The van der Waals surface area contributed by atoms with Crippen molar-refractivity contribution in [2.45, 2.75) is 109 Å². The van der Waals surface area contributed by atoms with E-state index in [2.05, 4.69) is 6.92 Å². The van der Waals surface area contributed by atoms with E-state index in [1.807, 2.05) is 0 Å². The Hall–Kier alpha value is -0.0800. The molecule has 0 aromatic heterocycles. The highest BCUT2D eigenvalue weighted by Gasteiger charge is 2.40. The zero-order chi connectivity index (χ0) is 15.0. The molecule has 0 aromatic carbocycles. The summed E-state index contributed by atoms with van der Waals surface area (Å²) in [7, 11) is 0. The highest BCUT2D eigenvalue weighted by molar-refractivity contribution is 4.91. The van der Waals surface area contributed by atoms with E-state index >= 15 is 0 Å². The lowest BCUT2D eigenvalue weighted by Gasteiger charge is -2.44. The van der Waals surface area contributed by atoms with Crippen molar-refractivity contribution in [2.75, 3.05) is 6.61 Å². The second-order valence-electron chi connectivity index (χ2n) is 7.47. The Balaban J connectivity index is 1.65. The summed E-state index contributed by atoms with van der Waals surface area (Å²) in [5.41, 5.74) is 0.142. The molecule has 0 amide bonds. The van der Waals surface area contributed by atoms with Crippen molar-refractivity contribution < 1.29 is 9.84 Å². The van der Waals surface area contributed by atoms with Gasteiger partial charge in [-0.15, -0.1) is 0 Å². The van der Waals surface area contributed by atoms with Gasteiger partial charge in [-0.3, -0.25) is 0 Å². The fraction of sp³-hybridized carbons (Fsp3) is 1.00. The molecule has 21 heavy (non-hydrogen) atoms.